The molecule has 112 valence electrons. The highest BCUT2D eigenvalue weighted by molar-refractivity contribution is 9.10. The van der Waals surface area contributed by atoms with Crippen LogP contribution in [0.5, 0.6) is 5.75 Å². The first kappa shape index (κ1) is 16.2. The molecule has 0 heterocycles. The fourth-order valence-corrected chi connectivity index (χ4v) is 2.59. The van der Waals surface area contributed by atoms with E-state index in [1.807, 2.05) is 18.2 Å². The van der Waals surface area contributed by atoms with E-state index in [4.69, 9.17) is 22.2 Å². The van der Waals surface area contributed by atoms with Crippen LogP contribution in [0.3, 0.4) is 0 Å². The van der Waals surface area contributed by atoms with Gasteiger partial charge < -0.3 is 4.74 Å². The Hall–Kier alpha value is -1.14. The largest absolute Gasteiger partial charge is 0.496 e. The van der Waals surface area contributed by atoms with Gasteiger partial charge in [-0.25, -0.2) is 4.39 Å². The van der Waals surface area contributed by atoms with Crippen molar-refractivity contribution in [3.05, 3.63) is 62.8 Å². The van der Waals surface area contributed by atoms with Gasteiger partial charge in [0.05, 0.1) is 18.2 Å². The van der Waals surface area contributed by atoms with Crippen LogP contribution in [0.25, 0.3) is 0 Å². The molecule has 0 aromatic heterocycles. The van der Waals surface area contributed by atoms with Crippen LogP contribution in [-0.4, -0.2) is 7.11 Å². The van der Waals surface area contributed by atoms with Crippen LogP contribution in [0.15, 0.2) is 40.9 Å². The lowest BCUT2D eigenvalue weighted by atomic mass is 9.98. The Morgan fingerprint density at radius 1 is 1.33 bits per heavy atom. The lowest BCUT2D eigenvalue weighted by molar-refractivity contribution is 0.398. The van der Waals surface area contributed by atoms with Crippen molar-refractivity contribution in [1.82, 2.24) is 5.43 Å². The van der Waals surface area contributed by atoms with Gasteiger partial charge in [0.1, 0.15) is 11.6 Å². The molecule has 6 heteroatoms. The summed E-state index contributed by atoms with van der Waals surface area (Å²) >= 11 is 9.09. The lowest BCUT2D eigenvalue weighted by Gasteiger charge is -2.19. The highest BCUT2D eigenvalue weighted by Gasteiger charge is 2.16. The molecule has 0 bridgehead atoms. The molecule has 0 aliphatic heterocycles. The number of halogens is 3. The fraction of sp³-hybridized carbons (Fsp3) is 0.200. The molecule has 0 amide bonds. The van der Waals surface area contributed by atoms with Gasteiger partial charge in [-0.1, -0.05) is 39.7 Å². The molecular formula is C15H15BrClFN2O. The van der Waals surface area contributed by atoms with E-state index < -0.39 is 5.82 Å². The number of rotatable bonds is 5. The van der Waals surface area contributed by atoms with Gasteiger partial charge >= 0.3 is 0 Å². The van der Waals surface area contributed by atoms with Gasteiger partial charge in [0.2, 0.25) is 0 Å². The summed E-state index contributed by atoms with van der Waals surface area (Å²) in [4.78, 5) is 0. The lowest BCUT2D eigenvalue weighted by Crippen LogP contribution is -2.30. The predicted molar refractivity (Wildman–Crippen MR) is 85.9 cm³/mol. The first-order valence-corrected chi connectivity index (χ1v) is 7.45. The van der Waals surface area contributed by atoms with Crippen molar-refractivity contribution >= 4 is 27.5 Å². The molecule has 1 unspecified atom stereocenters. The minimum atomic E-state index is -0.437. The standard InChI is InChI=1S/C15H15BrClFN2O/c1-21-15-8-10(16)3-4-11(15)14(20-19)7-9-2-5-12(17)13(18)6-9/h2-6,8,14,20H,7,19H2,1H3. The smallest absolute Gasteiger partial charge is 0.142 e. The van der Waals surface area contributed by atoms with Crippen molar-refractivity contribution < 1.29 is 9.13 Å². The van der Waals surface area contributed by atoms with E-state index in [0.29, 0.717) is 12.2 Å². The van der Waals surface area contributed by atoms with Crippen molar-refractivity contribution in [1.29, 1.82) is 0 Å². The Bertz CT molecular complexity index is 639. The quantitative estimate of drug-likeness (QED) is 0.615. The number of hydrazine groups is 1. The first-order valence-electron chi connectivity index (χ1n) is 6.28. The molecule has 0 aliphatic rings. The van der Waals surface area contributed by atoms with Crippen molar-refractivity contribution in [2.24, 2.45) is 5.84 Å². The Balaban J connectivity index is 2.29. The van der Waals surface area contributed by atoms with Crippen LogP contribution < -0.4 is 16.0 Å². The number of hydrogen-bond donors (Lipinski definition) is 2. The van der Waals surface area contributed by atoms with Crippen LogP contribution in [0.2, 0.25) is 5.02 Å². The summed E-state index contributed by atoms with van der Waals surface area (Å²) in [5.74, 6) is 5.92. The number of nitrogens with one attached hydrogen (secondary N) is 1. The van der Waals surface area contributed by atoms with E-state index in [-0.39, 0.29) is 11.1 Å². The van der Waals surface area contributed by atoms with E-state index in [9.17, 15) is 4.39 Å². The molecule has 0 saturated heterocycles. The van der Waals surface area contributed by atoms with Crippen molar-refractivity contribution in [3.63, 3.8) is 0 Å². The zero-order chi connectivity index (χ0) is 15.4. The van der Waals surface area contributed by atoms with Crippen LogP contribution in [0.4, 0.5) is 4.39 Å². The summed E-state index contributed by atoms with van der Waals surface area (Å²) < 4.78 is 19.8. The Morgan fingerprint density at radius 3 is 2.71 bits per heavy atom. The van der Waals surface area contributed by atoms with Gasteiger partial charge in [0.15, 0.2) is 0 Å². The first-order chi connectivity index (χ1) is 10.0. The predicted octanol–water partition coefficient (Wildman–Crippen LogP) is 4.00. The van der Waals surface area contributed by atoms with E-state index in [2.05, 4.69) is 21.4 Å². The van der Waals surface area contributed by atoms with Crippen LogP contribution in [0, 0.1) is 5.82 Å². The third kappa shape index (κ3) is 3.95. The number of hydrogen-bond acceptors (Lipinski definition) is 3. The highest BCUT2D eigenvalue weighted by Crippen LogP contribution is 2.30. The van der Waals surface area contributed by atoms with Crippen LogP contribution in [0.1, 0.15) is 17.2 Å². The molecule has 2 aromatic carbocycles. The van der Waals surface area contributed by atoms with Crippen LogP contribution >= 0.6 is 27.5 Å². The molecule has 0 radical (unpaired) electrons. The zero-order valence-corrected chi connectivity index (χ0v) is 13.7. The molecule has 0 aliphatic carbocycles. The Morgan fingerprint density at radius 2 is 2.10 bits per heavy atom. The molecule has 0 spiro atoms. The fourth-order valence-electron chi connectivity index (χ4n) is 2.13. The Labute approximate surface area is 136 Å². The normalized spacial score (nSPS) is 12.2. The van der Waals surface area contributed by atoms with Crippen molar-refractivity contribution in [2.45, 2.75) is 12.5 Å². The monoisotopic (exact) mass is 372 g/mol. The van der Waals surface area contributed by atoms with Gasteiger partial charge in [-0.15, -0.1) is 0 Å². The molecule has 2 aromatic rings. The number of methoxy groups -OCH3 is 1. The third-order valence-electron chi connectivity index (χ3n) is 3.20. The second kappa shape index (κ2) is 7.22. The average Bonchev–Trinajstić information content (AvgIpc) is 2.48. The summed E-state index contributed by atoms with van der Waals surface area (Å²) in [6.45, 7) is 0. The molecule has 2 rings (SSSR count). The number of ether oxygens (including phenoxy) is 1. The van der Waals surface area contributed by atoms with Crippen LogP contribution in [-0.2, 0) is 6.42 Å². The minimum Gasteiger partial charge on any atom is -0.496 e. The summed E-state index contributed by atoms with van der Waals surface area (Å²) in [6, 6.07) is 10.2. The second-order valence-corrected chi connectivity index (χ2v) is 5.88. The van der Waals surface area contributed by atoms with Gasteiger partial charge in [0, 0.05) is 10.0 Å². The highest BCUT2D eigenvalue weighted by atomic mass is 79.9. The van der Waals surface area contributed by atoms with Gasteiger partial charge in [-0.2, -0.15) is 0 Å². The SMILES string of the molecule is COc1cc(Br)ccc1C(Cc1ccc(Cl)c(F)c1)NN. The van der Waals surface area contributed by atoms with Crippen molar-refractivity contribution in [3.8, 4) is 5.75 Å². The molecular weight excluding hydrogens is 359 g/mol. The maximum atomic E-state index is 13.5. The maximum Gasteiger partial charge on any atom is 0.142 e. The number of benzene rings is 2. The zero-order valence-electron chi connectivity index (χ0n) is 11.4. The summed E-state index contributed by atoms with van der Waals surface area (Å²) in [5.41, 5.74) is 4.44. The molecule has 21 heavy (non-hydrogen) atoms. The molecule has 1 atom stereocenters. The second-order valence-electron chi connectivity index (χ2n) is 4.56. The summed E-state index contributed by atoms with van der Waals surface area (Å²) in [6.07, 6.45) is 0.516. The van der Waals surface area contributed by atoms with Crippen molar-refractivity contribution in [2.75, 3.05) is 7.11 Å². The maximum absolute atomic E-state index is 13.5. The minimum absolute atomic E-state index is 0.109. The molecule has 0 fully saturated rings. The van der Waals surface area contributed by atoms with Gasteiger partial charge in [0.25, 0.3) is 0 Å². The topological polar surface area (TPSA) is 47.3 Å². The third-order valence-corrected chi connectivity index (χ3v) is 4.00. The van der Waals surface area contributed by atoms with E-state index >= 15 is 0 Å². The van der Waals surface area contributed by atoms with Gasteiger partial charge in [-0.3, -0.25) is 11.3 Å². The van der Waals surface area contributed by atoms with E-state index in [1.165, 1.54) is 6.07 Å². The average molecular weight is 374 g/mol. The van der Waals surface area contributed by atoms with E-state index in [1.54, 1.807) is 19.2 Å². The molecule has 3 N–H and O–H groups in total. The summed E-state index contributed by atoms with van der Waals surface area (Å²) in [5, 5.41) is 0.109. The summed E-state index contributed by atoms with van der Waals surface area (Å²) in [7, 11) is 1.60. The Kier molecular flexibility index (Phi) is 5.58. The number of nitrogens with two attached hydrogens (primary N) is 1. The molecule has 3 nitrogen and oxygen atoms in total. The molecule has 0 saturated carbocycles. The van der Waals surface area contributed by atoms with Gasteiger partial charge in [-0.05, 0) is 36.2 Å². The van der Waals surface area contributed by atoms with E-state index in [0.717, 1.165) is 15.6 Å².